The van der Waals surface area contributed by atoms with E-state index in [-0.39, 0.29) is 0 Å². The van der Waals surface area contributed by atoms with Gasteiger partial charge in [0, 0.05) is 36.9 Å². The lowest BCUT2D eigenvalue weighted by Gasteiger charge is -2.27. The van der Waals surface area contributed by atoms with Crippen LogP contribution in [0.3, 0.4) is 0 Å². The fourth-order valence-electron chi connectivity index (χ4n) is 8.14. The van der Waals surface area contributed by atoms with Gasteiger partial charge in [0.2, 0.25) is 5.89 Å². The third-order valence-electron chi connectivity index (χ3n) is 10.7. The third-order valence-corrected chi connectivity index (χ3v) is 11.8. The van der Waals surface area contributed by atoms with Crippen molar-refractivity contribution >= 4 is 81.2 Å². The van der Waals surface area contributed by atoms with Crippen LogP contribution >= 0.6 is 11.3 Å². The van der Waals surface area contributed by atoms with Gasteiger partial charge < -0.3 is 9.32 Å². The summed E-state index contributed by atoms with van der Waals surface area (Å²) in [6.07, 6.45) is 0. The molecule has 0 saturated heterocycles. The second kappa shape index (κ2) is 12.8. The Morgan fingerprint density at radius 3 is 1.93 bits per heavy atom. The SMILES string of the molecule is c1ccc(-c2ccc(N(c3ccccc3)c3ccc(-c4ccc5sc6cc7ccccc7c(-c7nc8ccccc8o7)c6c5c4)c4ccccc34)cc2)cc1. The van der Waals surface area contributed by atoms with E-state index in [0.717, 1.165) is 39.1 Å². The number of rotatable bonds is 6. The first-order valence-electron chi connectivity index (χ1n) is 18.5. The van der Waals surface area contributed by atoms with Crippen molar-refractivity contribution < 1.29 is 4.42 Å². The molecule has 0 unspecified atom stereocenters. The summed E-state index contributed by atoms with van der Waals surface area (Å²) in [6.45, 7) is 0. The minimum Gasteiger partial charge on any atom is -0.436 e. The summed E-state index contributed by atoms with van der Waals surface area (Å²) in [4.78, 5) is 7.39. The number of thiophene rings is 1. The van der Waals surface area contributed by atoms with E-state index in [1.165, 1.54) is 58.6 Å². The number of nitrogens with zero attached hydrogens (tertiary/aromatic N) is 2. The zero-order valence-corrected chi connectivity index (χ0v) is 30.5. The number of fused-ring (bicyclic) bond motifs is 6. The van der Waals surface area contributed by atoms with E-state index < -0.39 is 0 Å². The van der Waals surface area contributed by atoms with Gasteiger partial charge in [0.05, 0.1) is 11.3 Å². The van der Waals surface area contributed by atoms with Gasteiger partial charge in [0.1, 0.15) is 5.52 Å². The van der Waals surface area contributed by atoms with E-state index in [1.54, 1.807) is 0 Å². The molecule has 0 atom stereocenters. The van der Waals surface area contributed by atoms with Crippen molar-refractivity contribution in [1.82, 2.24) is 4.98 Å². The van der Waals surface area contributed by atoms with E-state index in [2.05, 4.69) is 175 Å². The van der Waals surface area contributed by atoms with Crippen LogP contribution in [-0.2, 0) is 0 Å². The average molecular weight is 721 g/mol. The molecule has 3 nitrogen and oxygen atoms in total. The van der Waals surface area contributed by atoms with Gasteiger partial charge >= 0.3 is 0 Å². The number of oxazole rings is 1. The molecule has 11 aromatic rings. The molecule has 0 N–H and O–H groups in total. The minimum atomic E-state index is 0.653. The first kappa shape index (κ1) is 31.5. The minimum absolute atomic E-state index is 0.653. The molecule has 0 aliphatic rings. The highest BCUT2D eigenvalue weighted by Crippen LogP contribution is 2.47. The monoisotopic (exact) mass is 720 g/mol. The van der Waals surface area contributed by atoms with Gasteiger partial charge in [-0.25, -0.2) is 4.98 Å². The molecule has 4 heteroatoms. The smallest absolute Gasteiger partial charge is 0.228 e. The fourth-order valence-corrected chi connectivity index (χ4v) is 9.28. The van der Waals surface area contributed by atoms with Crippen LogP contribution in [0.4, 0.5) is 17.1 Å². The van der Waals surface area contributed by atoms with Gasteiger partial charge in [0.25, 0.3) is 0 Å². The summed E-state index contributed by atoms with van der Waals surface area (Å²) < 4.78 is 8.95. The Labute approximate surface area is 322 Å². The molecule has 11 rings (SSSR count). The van der Waals surface area contributed by atoms with E-state index in [4.69, 9.17) is 9.40 Å². The van der Waals surface area contributed by atoms with Crippen LogP contribution in [-0.4, -0.2) is 4.98 Å². The lowest BCUT2D eigenvalue weighted by Crippen LogP contribution is -2.10. The quantitative estimate of drug-likeness (QED) is 0.171. The summed E-state index contributed by atoms with van der Waals surface area (Å²) in [5.41, 5.74) is 10.8. The summed E-state index contributed by atoms with van der Waals surface area (Å²) in [7, 11) is 0. The van der Waals surface area contributed by atoms with Crippen molar-refractivity contribution in [2.75, 3.05) is 4.90 Å². The predicted octanol–water partition coefficient (Wildman–Crippen LogP) is 15.0. The number of benzene rings is 9. The van der Waals surface area contributed by atoms with Crippen LogP contribution in [0.1, 0.15) is 0 Å². The first-order chi connectivity index (χ1) is 27.3. The summed E-state index contributed by atoms with van der Waals surface area (Å²) in [5, 5.41) is 7.09. The van der Waals surface area contributed by atoms with E-state index in [0.29, 0.717) is 5.89 Å². The molecule has 0 aliphatic heterocycles. The van der Waals surface area contributed by atoms with E-state index >= 15 is 0 Å². The molecule has 0 fully saturated rings. The fraction of sp³-hybridized carbons (Fsp3) is 0. The molecular formula is C51H32N2OS. The molecule has 0 radical (unpaired) electrons. The van der Waals surface area contributed by atoms with Gasteiger partial charge in [-0.05, 0) is 99.1 Å². The molecule has 2 heterocycles. The topological polar surface area (TPSA) is 29.3 Å². The largest absolute Gasteiger partial charge is 0.436 e. The Bertz CT molecular complexity index is 3170. The Kier molecular flexibility index (Phi) is 7.35. The molecule has 9 aromatic carbocycles. The molecule has 55 heavy (non-hydrogen) atoms. The molecular weight excluding hydrogens is 689 g/mol. The normalized spacial score (nSPS) is 11.6. The van der Waals surface area contributed by atoms with Crippen molar-refractivity contribution in [2.45, 2.75) is 0 Å². The zero-order valence-electron chi connectivity index (χ0n) is 29.7. The molecule has 0 aliphatic carbocycles. The molecule has 0 saturated carbocycles. The highest BCUT2D eigenvalue weighted by Gasteiger charge is 2.21. The van der Waals surface area contributed by atoms with Crippen molar-refractivity contribution in [1.29, 1.82) is 0 Å². The Morgan fingerprint density at radius 1 is 0.455 bits per heavy atom. The Morgan fingerprint density at radius 2 is 1.11 bits per heavy atom. The first-order valence-corrected chi connectivity index (χ1v) is 19.4. The molecule has 0 spiro atoms. The molecule has 2 aromatic heterocycles. The van der Waals surface area contributed by atoms with Gasteiger partial charge in [0.15, 0.2) is 5.58 Å². The number of anilines is 3. The third kappa shape index (κ3) is 5.30. The predicted molar refractivity (Wildman–Crippen MR) is 233 cm³/mol. The van der Waals surface area contributed by atoms with Crippen LogP contribution in [0.2, 0.25) is 0 Å². The molecule has 0 amide bonds. The maximum absolute atomic E-state index is 6.49. The second-order valence-corrected chi connectivity index (χ2v) is 15.0. The van der Waals surface area contributed by atoms with Gasteiger partial charge in [-0.15, -0.1) is 11.3 Å². The number of hydrogen-bond donors (Lipinski definition) is 0. The van der Waals surface area contributed by atoms with Gasteiger partial charge in [-0.3, -0.25) is 0 Å². The van der Waals surface area contributed by atoms with Crippen molar-refractivity contribution in [3.8, 4) is 33.7 Å². The van der Waals surface area contributed by atoms with Crippen LogP contribution < -0.4 is 4.90 Å². The van der Waals surface area contributed by atoms with E-state index in [1.807, 2.05) is 35.6 Å². The Balaban J connectivity index is 1.09. The van der Waals surface area contributed by atoms with Crippen molar-refractivity contribution in [3.05, 3.63) is 194 Å². The standard InChI is InChI=1S/C51H32N2OS/c1-3-13-33(14-4-1)34-23-26-38(27-24-34)53(37-16-5-2-6-17-37)45-29-28-39(41-19-9-10-20-42(41)45)36-25-30-47-43(31-36)49-48(55-47)32-35-15-7-8-18-40(35)50(49)51-52-44-21-11-12-22-46(44)54-51/h1-32H. The van der Waals surface area contributed by atoms with Crippen LogP contribution in [0.25, 0.3) is 86.5 Å². The highest BCUT2D eigenvalue weighted by atomic mass is 32.1. The molecule has 258 valence electrons. The van der Waals surface area contributed by atoms with Crippen molar-refractivity contribution in [3.63, 3.8) is 0 Å². The molecule has 0 bridgehead atoms. The van der Waals surface area contributed by atoms with Crippen LogP contribution in [0.5, 0.6) is 0 Å². The Hall–Kier alpha value is -7.01. The van der Waals surface area contributed by atoms with Crippen LogP contribution in [0.15, 0.2) is 199 Å². The number of aromatic nitrogens is 1. The lowest BCUT2D eigenvalue weighted by molar-refractivity contribution is 0.621. The highest BCUT2D eigenvalue weighted by molar-refractivity contribution is 7.26. The number of hydrogen-bond acceptors (Lipinski definition) is 4. The maximum atomic E-state index is 6.49. The van der Waals surface area contributed by atoms with Crippen molar-refractivity contribution in [2.24, 2.45) is 0 Å². The summed E-state index contributed by atoms with van der Waals surface area (Å²) in [6, 6.07) is 69.3. The summed E-state index contributed by atoms with van der Waals surface area (Å²) in [5.74, 6) is 0.653. The lowest BCUT2D eigenvalue weighted by atomic mass is 9.94. The number of para-hydroxylation sites is 3. The second-order valence-electron chi connectivity index (χ2n) is 13.9. The van der Waals surface area contributed by atoms with Crippen LogP contribution in [0, 0.1) is 0 Å². The van der Waals surface area contributed by atoms with E-state index in [9.17, 15) is 0 Å². The van der Waals surface area contributed by atoms with Gasteiger partial charge in [-0.2, -0.15) is 0 Å². The zero-order chi connectivity index (χ0) is 36.3. The van der Waals surface area contributed by atoms with Gasteiger partial charge in [-0.1, -0.05) is 133 Å². The average Bonchev–Trinajstić information content (AvgIpc) is 3.85. The maximum Gasteiger partial charge on any atom is 0.228 e. The summed E-state index contributed by atoms with van der Waals surface area (Å²) >= 11 is 1.82.